The van der Waals surface area contributed by atoms with Gasteiger partial charge in [-0.15, -0.1) is 0 Å². The van der Waals surface area contributed by atoms with Crippen molar-refractivity contribution >= 4 is 46.2 Å². The van der Waals surface area contributed by atoms with Gasteiger partial charge in [0.2, 0.25) is 0 Å². The van der Waals surface area contributed by atoms with Crippen LogP contribution in [0.3, 0.4) is 0 Å². The Morgan fingerprint density at radius 2 is 2.00 bits per heavy atom. The number of thiocarbonyl (C=S) groups is 1. The molecule has 3 rings (SSSR count). The van der Waals surface area contributed by atoms with Crippen LogP contribution in [-0.4, -0.2) is 72.0 Å². The molecule has 1 aromatic rings. The molecule has 0 radical (unpaired) electrons. The average molecular weight is 451 g/mol. The van der Waals surface area contributed by atoms with E-state index in [4.69, 9.17) is 26.4 Å². The molecule has 0 unspecified atom stereocenters. The van der Waals surface area contributed by atoms with Gasteiger partial charge in [0.25, 0.3) is 11.8 Å². The number of benzene rings is 1. The quantitative estimate of drug-likeness (QED) is 0.446. The lowest BCUT2D eigenvalue weighted by molar-refractivity contribution is -0.137. The molecule has 9 heteroatoms. The van der Waals surface area contributed by atoms with Crippen molar-refractivity contribution < 1.29 is 23.8 Å². The fraction of sp³-hybridized carbons (Fsp3) is 0.476. The summed E-state index contributed by atoms with van der Waals surface area (Å²) in [6, 6.07) is 5.41. The van der Waals surface area contributed by atoms with Crippen LogP contribution < -0.4 is 9.47 Å². The monoisotopic (exact) mass is 450 g/mol. The molecule has 1 aromatic carbocycles. The molecule has 2 heterocycles. The zero-order chi connectivity index (χ0) is 21.5. The maximum Gasteiger partial charge on any atom is 0.266 e. The Morgan fingerprint density at radius 1 is 1.23 bits per heavy atom. The molecule has 2 aliphatic heterocycles. The number of morpholine rings is 1. The van der Waals surface area contributed by atoms with Gasteiger partial charge in [-0.2, -0.15) is 0 Å². The highest BCUT2D eigenvalue weighted by molar-refractivity contribution is 8.26. The van der Waals surface area contributed by atoms with Crippen LogP contribution in [0.4, 0.5) is 0 Å². The van der Waals surface area contributed by atoms with Crippen LogP contribution in [0.25, 0.3) is 6.08 Å². The van der Waals surface area contributed by atoms with Crippen molar-refractivity contribution in [3.63, 3.8) is 0 Å². The summed E-state index contributed by atoms with van der Waals surface area (Å²) in [5.74, 6) is 0.880. The van der Waals surface area contributed by atoms with Gasteiger partial charge in [-0.25, -0.2) is 0 Å². The van der Waals surface area contributed by atoms with Crippen molar-refractivity contribution in [1.29, 1.82) is 0 Å². The third kappa shape index (κ3) is 5.53. The third-order valence-electron chi connectivity index (χ3n) is 4.60. The lowest BCUT2D eigenvalue weighted by Crippen LogP contribution is -2.43. The molecular formula is C21H26N2O5S2. The first-order valence-electron chi connectivity index (χ1n) is 10.0. The highest BCUT2D eigenvalue weighted by atomic mass is 32.2. The Morgan fingerprint density at radius 3 is 2.70 bits per heavy atom. The van der Waals surface area contributed by atoms with Crippen LogP contribution in [0.2, 0.25) is 0 Å². The Balaban J connectivity index is 1.71. The summed E-state index contributed by atoms with van der Waals surface area (Å²) in [5, 5.41) is 0. The average Bonchev–Trinajstić information content (AvgIpc) is 3.01. The van der Waals surface area contributed by atoms with Crippen molar-refractivity contribution in [3.05, 3.63) is 28.7 Å². The fourth-order valence-corrected chi connectivity index (χ4v) is 4.42. The molecule has 7 nitrogen and oxygen atoms in total. The number of nitrogens with zero attached hydrogens (tertiary/aromatic N) is 2. The highest BCUT2D eigenvalue weighted by Gasteiger charge is 2.31. The van der Waals surface area contributed by atoms with Gasteiger partial charge in [0.15, 0.2) is 18.1 Å². The first-order valence-corrected chi connectivity index (χ1v) is 11.3. The van der Waals surface area contributed by atoms with Crippen molar-refractivity contribution in [1.82, 2.24) is 9.80 Å². The van der Waals surface area contributed by atoms with Crippen LogP contribution in [0, 0.1) is 0 Å². The molecular weight excluding hydrogens is 424 g/mol. The first kappa shape index (κ1) is 22.6. The Kier molecular flexibility index (Phi) is 8.12. The van der Waals surface area contributed by atoms with E-state index in [1.165, 1.54) is 11.8 Å². The van der Waals surface area contributed by atoms with E-state index in [0.717, 1.165) is 12.0 Å². The Labute approximate surface area is 186 Å². The summed E-state index contributed by atoms with van der Waals surface area (Å²) in [4.78, 5) is 28.8. The second-order valence-corrected chi connectivity index (χ2v) is 8.43. The third-order valence-corrected chi connectivity index (χ3v) is 5.98. The lowest BCUT2D eigenvalue weighted by Gasteiger charge is -2.26. The summed E-state index contributed by atoms with van der Waals surface area (Å²) in [6.07, 6.45) is 2.66. The lowest BCUT2D eigenvalue weighted by atomic mass is 10.2. The molecule has 2 fully saturated rings. The minimum Gasteiger partial charge on any atom is -0.490 e. The number of thioether (sulfide) groups is 1. The van der Waals surface area contributed by atoms with Gasteiger partial charge < -0.3 is 19.1 Å². The largest absolute Gasteiger partial charge is 0.490 e. The van der Waals surface area contributed by atoms with E-state index >= 15 is 0 Å². The van der Waals surface area contributed by atoms with Gasteiger partial charge in [-0.3, -0.25) is 14.5 Å². The number of ether oxygens (including phenoxy) is 3. The minimum atomic E-state index is -0.0792. The van der Waals surface area contributed by atoms with Gasteiger partial charge in [0.1, 0.15) is 4.32 Å². The molecule has 0 saturated carbocycles. The highest BCUT2D eigenvalue weighted by Crippen LogP contribution is 2.35. The van der Waals surface area contributed by atoms with Crippen molar-refractivity contribution in [3.8, 4) is 11.5 Å². The summed E-state index contributed by atoms with van der Waals surface area (Å²) in [5.41, 5.74) is 0.808. The van der Waals surface area contributed by atoms with Crippen LogP contribution in [0.1, 0.15) is 25.8 Å². The maximum atomic E-state index is 12.6. The number of hydrogen-bond donors (Lipinski definition) is 0. The van der Waals surface area contributed by atoms with E-state index in [-0.39, 0.29) is 18.4 Å². The molecule has 2 saturated heterocycles. The molecule has 30 heavy (non-hydrogen) atoms. The number of carbonyl (C=O) groups is 2. The zero-order valence-corrected chi connectivity index (χ0v) is 18.9. The van der Waals surface area contributed by atoms with Crippen LogP contribution >= 0.6 is 24.0 Å². The van der Waals surface area contributed by atoms with Crippen LogP contribution in [0.5, 0.6) is 11.5 Å². The minimum absolute atomic E-state index is 0.0604. The summed E-state index contributed by atoms with van der Waals surface area (Å²) >= 11 is 6.62. The second-order valence-electron chi connectivity index (χ2n) is 6.75. The van der Waals surface area contributed by atoms with Gasteiger partial charge in [0, 0.05) is 19.6 Å². The predicted octanol–water partition coefficient (Wildman–Crippen LogP) is 2.93. The van der Waals surface area contributed by atoms with Crippen molar-refractivity contribution in [2.75, 3.05) is 46.1 Å². The molecule has 0 aromatic heterocycles. The SMILES string of the molecule is CCCN1C(=O)/C(=C\c2ccc(OCC(=O)N3CCOCC3)c(OCC)c2)SC1=S. The molecule has 2 aliphatic rings. The van der Waals surface area contributed by atoms with E-state index in [1.54, 1.807) is 21.9 Å². The van der Waals surface area contributed by atoms with E-state index in [9.17, 15) is 9.59 Å². The van der Waals surface area contributed by atoms with E-state index in [2.05, 4.69) is 0 Å². The zero-order valence-electron chi connectivity index (χ0n) is 17.2. The fourth-order valence-electron chi connectivity index (χ4n) is 3.11. The Bertz CT molecular complexity index is 837. The predicted molar refractivity (Wildman–Crippen MR) is 121 cm³/mol. The van der Waals surface area contributed by atoms with Gasteiger partial charge in [-0.1, -0.05) is 37.0 Å². The standard InChI is InChI=1S/C21H26N2O5S2/c1-3-7-23-20(25)18(30-21(23)29)13-15-5-6-16(17(12-15)27-4-2)28-14-19(24)22-8-10-26-11-9-22/h5-6,12-13H,3-4,7-11,14H2,1-2H3/b18-13+. The van der Waals surface area contributed by atoms with Gasteiger partial charge in [0.05, 0.1) is 24.7 Å². The summed E-state index contributed by atoms with van der Waals surface area (Å²) < 4.78 is 17.3. The normalized spacial score (nSPS) is 18.3. The molecule has 0 aliphatic carbocycles. The maximum absolute atomic E-state index is 12.6. The molecule has 0 N–H and O–H groups in total. The number of hydrogen-bond acceptors (Lipinski definition) is 7. The van der Waals surface area contributed by atoms with Crippen molar-refractivity contribution in [2.45, 2.75) is 20.3 Å². The van der Waals surface area contributed by atoms with Gasteiger partial charge >= 0.3 is 0 Å². The molecule has 2 amide bonds. The first-order chi connectivity index (χ1) is 14.5. The topological polar surface area (TPSA) is 68.3 Å². The number of rotatable bonds is 8. The Hall–Kier alpha value is -2.10. The number of amides is 2. The second kappa shape index (κ2) is 10.8. The van der Waals surface area contributed by atoms with E-state index < -0.39 is 0 Å². The molecule has 0 atom stereocenters. The smallest absolute Gasteiger partial charge is 0.266 e. The van der Waals surface area contributed by atoms with Crippen LogP contribution in [-0.2, 0) is 14.3 Å². The summed E-state index contributed by atoms with van der Waals surface area (Å²) in [6.45, 7) is 7.17. The molecule has 162 valence electrons. The number of carbonyl (C=O) groups excluding carboxylic acids is 2. The van der Waals surface area contributed by atoms with Crippen LogP contribution in [0.15, 0.2) is 23.1 Å². The van der Waals surface area contributed by atoms with E-state index in [1.807, 2.05) is 26.0 Å². The molecule has 0 bridgehead atoms. The van der Waals surface area contributed by atoms with E-state index in [0.29, 0.717) is 60.2 Å². The van der Waals surface area contributed by atoms with Gasteiger partial charge in [-0.05, 0) is 37.1 Å². The molecule has 0 spiro atoms. The van der Waals surface area contributed by atoms with Crippen molar-refractivity contribution in [2.24, 2.45) is 0 Å². The summed E-state index contributed by atoms with van der Waals surface area (Å²) in [7, 11) is 0.